The molecule has 0 saturated heterocycles. The number of hydrogen-bond acceptors (Lipinski definition) is 3. The zero-order valence-corrected chi connectivity index (χ0v) is 12.8. The number of nitrogens with one attached hydrogen (secondary N) is 1. The van der Waals surface area contributed by atoms with E-state index in [9.17, 15) is 4.79 Å². The number of hydrogen-bond donors (Lipinski definition) is 2. The van der Waals surface area contributed by atoms with E-state index in [2.05, 4.69) is 29.1 Å². The molecular formula is C16H22N4O. The maximum absolute atomic E-state index is 11.4. The summed E-state index contributed by atoms with van der Waals surface area (Å²) in [7, 11) is 0. The van der Waals surface area contributed by atoms with E-state index in [4.69, 9.17) is 5.84 Å². The molecule has 3 N–H and O–H groups in total. The Kier molecular flexibility index (Phi) is 4.75. The zero-order valence-electron chi connectivity index (χ0n) is 12.8. The molecule has 2 rings (SSSR count). The third-order valence-electron chi connectivity index (χ3n) is 3.69. The first-order valence-electron chi connectivity index (χ1n) is 7.19. The van der Waals surface area contributed by atoms with Crippen molar-refractivity contribution in [1.29, 1.82) is 0 Å². The van der Waals surface area contributed by atoms with Gasteiger partial charge in [-0.1, -0.05) is 19.1 Å². The summed E-state index contributed by atoms with van der Waals surface area (Å²) in [5.74, 6) is 4.85. The number of nitrogens with two attached hydrogens (primary N) is 1. The van der Waals surface area contributed by atoms with Crippen LogP contribution in [0.2, 0.25) is 0 Å². The van der Waals surface area contributed by atoms with Crippen molar-refractivity contribution < 1.29 is 4.79 Å². The molecule has 0 aliphatic carbocycles. The van der Waals surface area contributed by atoms with Gasteiger partial charge >= 0.3 is 0 Å². The lowest BCUT2D eigenvalue weighted by Gasteiger charge is -2.05. The minimum atomic E-state index is -0.273. The molecule has 2 aromatic rings. The average Bonchev–Trinajstić information content (AvgIpc) is 2.75. The van der Waals surface area contributed by atoms with Crippen LogP contribution in [0.15, 0.2) is 24.3 Å². The molecular weight excluding hydrogens is 264 g/mol. The number of carbonyl (C=O) groups excluding carboxylic acids is 1. The minimum absolute atomic E-state index is 0.273. The monoisotopic (exact) mass is 286 g/mol. The van der Waals surface area contributed by atoms with E-state index >= 15 is 0 Å². The molecule has 0 saturated carbocycles. The summed E-state index contributed by atoms with van der Waals surface area (Å²) in [6.45, 7) is 7.26. The van der Waals surface area contributed by atoms with Crippen LogP contribution in [0.4, 0.5) is 0 Å². The predicted octanol–water partition coefficient (Wildman–Crippen LogP) is 2.10. The van der Waals surface area contributed by atoms with Crippen molar-refractivity contribution in [3.05, 3.63) is 52.3 Å². The van der Waals surface area contributed by atoms with E-state index in [0.717, 1.165) is 30.6 Å². The topological polar surface area (TPSA) is 72.9 Å². The predicted molar refractivity (Wildman–Crippen MR) is 82.9 cm³/mol. The highest BCUT2D eigenvalue weighted by Gasteiger charge is 2.12. The summed E-state index contributed by atoms with van der Waals surface area (Å²) < 4.78 is 2.07. The van der Waals surface area contributed by atoms with Gasteiger partial charge in [-0.05, 0) is 38.0 Å². The Morgan fingerprint density at radius 1 is 1.29 bits per heavy atom. The van der Waals surface area contributed by atoms with E-state index in [-0.39, 0.29) is 5.91 Å². The van der Waals surface area contributed by atoms with Gasteiger partial charge in [0.25, 0.3) is 5.91 Å². The van der Waals surface area contributed by atoms with Crippen LogP contribution in [-0.4, -0.2) is 15.7 Å². The van der Waals surface area contributed by atoms with Gasteiger partial charge in [-0.15, -0.1) is 0 Å². The van der Waals surface area contributed by atoms with Crippen LogP contribution in [0, 0.1) is 13.8 Å². The summed E-state index contributed by atoms with van der Waals surface area (Å²) in [4.78, 5) is 11.4. The van der Waals surface area contributed by atoms with Crippen molar-refractivity contribution in [3.63, 3.8) is 0 Å². The van der Waals surface area contributed by atoms with Crippen molar-refractivity contribution in [2.24, 2.45) is 5.84 Å². The fourth-order valence-corrected chi connectivity index (χ4v) is 2.48. The van der Waals surface area contributed by atoms with Gasteiger partial charge < -0.3 is 0 Å². The van der Waals surface area contributed by atoms with Gasteiger partial charge in [-0.2, -0.15) is 5.10 Å². The van der Waals surface area contributed by atoms with Gasteiger partial charge in [0.05, 0.1) is 5.69 Å². The Bertz CT molecular complexity index is 628. The molecule has 0 atom stereocenters. The van der Waals surface area contributed by atoms with Crippen molar-refractivity contribution in [1.82, 2.24) is 15.2 Å². The number of amides is 1. The van der Waals surface area contributed by atoms with Gasteiger partial charge in [-0.25, -0.2) is 5.84 Å². The first kappa shape index (κ1) is 15.3. The van der Waals surface area contributed by atoms with Crippen LogP contribution in [0.5, 0.6) is 0 Å². The molecule has 0 fully saturated rings. The second-order valence-corrected chi connectivity index (χ2v) is 5.22. The first-order valence-corrected chi connectivity index (χ1v) is 7.19. The van der Waals surface area contributed by atoms with Crippen molar-refractivity contribution in [2.75, 3.05) is 0 Å². The molecule has 112 valence electrons. The van der Waals surface area contributed by atoms with Crippen LogP contribution in [-0.2, 0) is 13.0 Å². The van der Waals surface area contributed by atoms with E-state index in [1.165, 1.54) is 11.3 Å². The molecule has 5 heteroatoms. The first-order chi connectivity index (χ1) is 10.1. The van der Waals surface area contributed by atoms with Crippen LogP contribution in [0.1, 0.15) is 46.2 Å². The van der Waals surface area contributed by atoms with Gasteiger partial charge in [0, 0.05) is 29.8 Å². The molecule has 0 aliphatic rings. The number of hydrazine groups is 1. The largest absolute Gasteiger partial charge is 0.290 e. The van der Waals surface area contributed by atoms with Crippen molar-refractivity contribution >= 4 is 5.91 Å². The lowest BCUT2D eigenvalue weighted by Crippen LogP contribution is -2.29. The molecule has 1 aromatic heterocycles. The fourth-order valence-electron chi connectivity index (χ4n) is 2.48. The highest BCUT2D eigenvalue weighted by molar-refractivity contribution is 5.93. The molecule has 0 aliphatic heterocycles. The normalized spacial score (nSPS) is 10.7. The standard InChI is InChI=1S/C16H22N4O/c1-4-9-20-12(3)15(11(2)19-20)10-13-5-7-14(8-6-13)16(21)18-17/h5-8H,4,9-10,17H2,1-3H3,(H,18,21). The summed E-state index contributed by atoms with van der Waals surface area (Å²) in [6, 6.07) is 7.50. The Morgan fingerprint density at radius 2 is 1.95 bits per heavy atom. The fraction of sp³-hybridized carbons (Fsp3) is 0.375. The van der Waals surface area contributed by atoms with Gasteiger partial charge in [0.15, 0.2) is 0 Å². The van der Waals surface area contributed by atoms with Crippen LogP contribution < -0.4 is 11.3 Å². The Morgan fingerprint density at radius 3 is 2.52 bits per heavy atom. The number of aromatic nitrogens is 2. The zero-order chi connectivity index (χ0) is 15.4. The van der Waals surface area contributed by atoms with Gasteiger partial charge in [-0.3, -0.25) is 14.9 Å². The van der Waals surface area contributed by atoms with E-state index in [1.54, 1.807) is 12.1 Å². The van der Waals surface area contributed by atoms with E-state index in [0.29, 0.717) is 5.56 Å². The summed E-state index contributed by atoms with van der Waals surface area (Å²) in [5, 5.41) is 4.59. The Labute approximate surface area is 125 Å². The van der Waals surface area contributed by atoms with Crippen LogP contribution in [0.3, 0.4) is 0 Å². The molecule has 0 unspecified atom stereocenters. The Hall–Kier alpha value is -2.14. The number of nitrogen functional groups attached to an aromatic ring is 1. The average molecular weight is 286 g/mol. The second-order valence-electron chi connectivity index (χ2n) is 5.22. The number of carbonyl (C=O) groups is 1. The third kappa shape index (κ3) is 3.31. The number of benzene rings is 1. The molecule has 0 spiro atoms. The quantitative estimate of drug-likeness (QED) is 0.502. The Balaban J connectivity index is 2.20. The van der Waals surface area contributed by atoms with Crippen molar-refractivity contribution in [3.8, 4) is 0 Å². The SMILES string of the molecule is CCCn1nc(C)c(Cc2ccc(C(=O)NN)cc2)c1C. The smallest absolute Gasteiger partial charge is 0.265 e. The van der Waals surface area contributed by atoms with Crippen LogP contribution >= 0.6 is 0 Å². The molecule has 0 radical (unpaired) electrons. The summed E-state index contributed by atoms with van der Waals surface area (Å²) >= 11 is 0. The van der Waals surface area contributed by atoms with Crippen LogP contribution in [0.25, 0.3) is 0 Å². The van der Waals surface area contributed by atoms with Gasteiger partial charge in [0.2, 0.25) is 0 Å². The molecule has 0 bridgehead atoms. The highest BCUT2D eigenvalue weighted by Crippen LogP contribution is 2.18. The number of nitrogens with zero attached hydrogens (tertiary/aromatic N) is 2. The molecule has 1 amide bonds. The maximum Gasteiger partial charge on any atom is 0.265 e. The molecule has 1 heterocycles. The lowest BCUT2D eigenvalue weighted by molar-refractivity contribution is 0.0953. The van der Waals surface area contributed by atoms with Crippen molar-refractivity contribution in [2.45, 2.75) is 40.2 Å². The molecule has 5 nitrogen and oxygen atoms in total. The van der Waals surface area contributed by atoms with E-state index < -0.39 is 0 Å². The lowest BCUT2D eigenvalue weighted by atomic mass is 10.0. The number of aryl methyl sites for hydroxylation is 2. The van der Waals surface area contributed by atoms with E-state index in [1.807, 2.05) is 19.1 Å². The second kappa shape index (κ2) is 6.54. The van der Waals surface area contributed by atoms with Gasteiger partial charge in [0.1, 0.15) is 0 Å². The number of rotatable bonds is 5. The molecule has 21 heavy (non-hydrogen) atoms. The minimum Gasteiger partial charge on any atom is -0.290 e. The summed E-state index contributed by atoms with van der Waals surface area (Å²) in [6.07, 6.45) is 1.90. The third-order valence-corrected chi connectivity index (χ3v) is 3.69. The molecule has 1 aromatic carbocycles. The summed E-state index contributed by atoms with van der Waals surface area (Å²) in [5.41, 5.74) is 7.42. The highest BCUT2D eigenvalue weighted by atomic mass is 16.2. The maximum atomic E-state index is 11.4.